The van der Waals surface area contributed by atoms with E-state index in [1.54, 1.807) is 31.2 Å². The van der Waals surface area contributed by atoms with Crippen LogP contribution in [0.15, 0.2) is 45.9 Å². The number of hydrogen-bond donors (Lipinski definition) is 1. The summed E-state index contributed by atoms with van der Waals surface area (Å²) >= 11 is 5.83. The van der Waals surface area contributed by atoms with Gasteiger partial charge in [0.05, 0.1) is 0 Å². The summed E-state index contributed by atoms with van der Waals surface area (Å²) in [7, 11) is -2.28. The number of furan rings is 1. The molecule has 1 N–H and O–H groups in total. The molecule has 0 aliphatic carbocycles. The van der Waals surface area contributed by atoms with Crippen LogP contribution in [0, 0.1) is 0 Å². The summed E-state index contributed by atoms with van der Waals surface area (Å²) < 4.78 is 31.3. The van der Waals surface area contributed by atoms with Gasteiger partial charge >= 0.3 is 0 Å². The fourth-order valence-corrected chi connectivity index (χ4v) is 3.28. The monoisotopic (exact) mass is 329 g/mol. The standard InChI is InChI=1S/C14H16ClNO4S/c1-10(11-3-5-12(15)6-4-11)16(2)21(18,19)14-8-7-13(9-17)20-14/h3-8,10,17H,9H2,1-2H3. The minimum absolute atomic E-state index is 0.185. The highest BCUT2D eigenvalue weighted by molar-refractivity contribution is 7.89. The van der Waals surface area contributed by atoms with Gasteiger partial charge in [-0.25, -0.2) is 8.42 Å². The van der Waals surface area contributed by atoms with E-state index in [4.69, 9.17) is 21.1 Å². The van der Waals surface area contributed by atoms with Gasteiger partial charge in [-0.15, -0.1) is 0 Å². The van der Waals surface area contributed by atoms with Crippen LogP contribution in [0.3, 0.4) is 0 Å². The molecule has 0 radical (unpaired) electrons. The molecule has 0 spiro atoms. The van der Waals surface area contributed by atoms with Gasteiger partial charge in [0.2, 0.25) is 5.09 Å². The van der Waals surface area contributed by atoms with Gasteiger partial charge in [-0.3, -0.25) is 0 Å². The number of hydrogen-bond acceptors (Lipinski definition) is 4. The van der Waals surface area contributed by atoms with Crippen LogP contribution >= 0.6 is 11.6 Å². The maximum Gasteiger partial charge on any atom is 0.276 e. The van der Waals surface area contributed by atoms with Crippen molar-refractivity contribution in [3.8, 4) is 0 Å². The summed E-state index contributed by atoms with van der Waals surface area (Å²) in [4.78, 5) is 0. The van der Waals surface area contributed by atoms with Gasteiger partial charge in [-0.05, 0) is 36.8 Å². The molecule has 1 aromatic carbocycles. The second-order valence-corrected chi connectivity index (χ2v) is 6.99. The van der Waals surface area contributed by atoms with Gasteiger partial charge in [0.25, 0.3) is 10.0 Å². The molecule has 1 heterocycles. The van der Waals surface area contributed by atoms with E-state index >= 15 is 0 Å². The normalized spacial score (nSPS) is 13.6. The predicted molar refractivity (Wildman–Crippen MR) is 79.4 cm³/mol. The summed E-state index contributed by atoms with van der Waals surface area (Å²) in [6, 6.07) is 9.38. The van der Waals surface area contributed by atoms with Crippen LogP contribution in [-0.4, -0.2) is 24.9 Å². The summed E-state index contributed by atoms with van der Waals surface area (Å²) in [6.45, 7) is 1.43. The van der Waals surface area contributed by atoms with E-state index in [1.165, 1.54) is 23.5 Å². The third kappa shape index (κ3) is 3.29. The van der Waals surface area contributed by atoms with Gasteiger partial charge < -0.3 is 9.52 Å². The average Bonchev–Trinajstić information content (AvgIpc) is 2.96. The first-order chi connectivity index (χ1) is 9.86. The molecule has 0 aliphatic heterocycles. The molecule has 0 saturated carbocycles. The van der Waals surface area contributed by atoms with Crippen molar-refractivity contribution in [3.05, 3.63) is 52.7 Å². The Labute approximate surface area is 128 Å². The Kier molecular flexibility index (Phi) is 4.73. The first-order valence-corrected chi connectivity index (χ1v) is 8.11. The maximum atomic E-state index is 12.5. The molecule has 0 saturated heterocycles. The number of nitrogens with zero attached hydrogens (tertiary/aromatic N) is 1. The fraction of sp³-hybridized carbons (Fsp3) is 0.286. The molecule has 0 amide bonds. The number of rotatable bonds is 5. The SMILES string of the molecule is CC(c1ccc(Cl)cc1)N(C)S(=O)(=O)c1ccc(CO)o1. The Hall–Kier alpha value is -1.34. The van der Waals surface area contributed by atoms with Crippen molar-refractivity contribution in [2.45, 2.75) is 24.7 Å². The Bertz CT molecular complexity index is 709. The first kappa shape index (κ1) is 16.0. The van der Waals surface area contributed by atoms with Crippen LogP contribution in [0.4, 0.5) is 0 Å². The van der Waals surface area contributed by atoms with Crippen molar-refractivity contribution < 1.29 is 17.9 Å². The summed E-state index contributed by atoms with van der Waals surface area (Å²) in [5.41, 5.74) is 0.819. The van der Waals surface area contributed by atoms with Crippen molar-refractivity contribution in [1.82, 2.24) is 4.31 Å². The fourth-order valence-electron chi connectivity index (χ4n) is 1.88. The van der Waals surface area contributed by atoms with Crippen molar-refractivity contribution in [1.29, 1.82) is 0 Å². The molecule has 1 atom stereocenters. The molecule has 21 heavy (non-hydrogen) atoms. The molecule has 7 heteroatoms. The number of benzene rings is 1. The topological polar surface area (TPSA) is 70.8 Å². The predicted octanol–water partition coefficient (Wildman–Crippen LogP) is 2.81. The van der Waals surface area contributed by atoms with Gasteiger partial charge in [-0.1, -0.05) is 23.7 Å². The minimum atomic E-state index is -3.76. The third-order valence-corrected chi connectivity index (χ3v) is 5.38. The quantitative estimate of drug-likeness (QED) is 0.915. The molecule has 0 bridgehead atoms. The van der Waals surface area contributed by atoms with Crippen molar-refractivity contribution >= 4 is 21.6 Å². The van der Waals surface area contributed by atoms with E-state index in [9.17, 15) is 8.42 Å². The molecule has 0 aliphatic rings. The zero-order valence-corrected chi connectivity index (χ0v) is 13.2. The second-order valence-electron chi connectivity index (χ2n) is 4.63. The van der Waals surface area contributed by atoms with Gasteiger partial charge in [-0.2, -0.15) is 4.31 Å². The molecule has 2 rings (SSSR count). The van der Waals surface area contributed by atoms with Crippen LogP contribution in [0.1, 0.15) is 24.3 Å². The van der Waals surface area contributed by atoms with Crippen LogP contribution in [0.2, 0.25) is 5.02 Å². The maximum absolute atomic E-state index is 12.5. The Morgan fingerprint density at radius 3 is 2.38 bits per heavy atom. The van der Waals surface area contributed by atoms with E-state index in [0.717, 1.165) is 5.56 Å². The number of sulfonamides is 1. The molecule has 2 aromatic rings. The van der Waals surface area contributed by atoms with E-state index in [1.807, 2.05) is 0 Å². The van der Waals surface area contributed by atoms with E-state index < -0.39 is 10.0 Å². The lowest BCUT2D eigenvalue weighted by molar-refractivity contribution is 0.234. The first-order valence-electron chi connectivity index (χ1n) is 6.29. The zero-order chi connectivity index (χ0) is 15.6. The molecule has 1 unspecified atom stereocenters. The Morgan fingerprint density at radius 2 is 1.86 bits per heavy atom. The third-order valence-electron chi connectivity index (χ3n) is 3.32. The van der Waals surface area contributed by atoms with Crippen molar-refractivity contribution in [2.75, 3.05) is 7.05 Å². The number of halogens is 1. The van der Waals surface area contributed by atoms with Gasteiger partial charge in [0, 0.05) is 18.1 Å². The van der Waals surface area contributed by atoms with E-state index in [2.05, 4.69) is 0 Å². The molecule has 1 aromatic heterocycles. The average molecular weight is 330 g/mol. The van der Waals surface area contributed by atoms with Gasteiger partial charge in [0.15, 0.2) is 0 Å². The molecule has 114 valence electrons. The summed E-state index contributed by atoms with van der Waals surface area (Å²) in [5, 5.41) is 9.36. The van der Waals surface area contributed by atoms with Crippen molar-refractivity contribution in [3.63, 3.8) is 0 Å². The van der Waals surface area contributed by atoms with E-state index in [-0.39, 0.29) is 23.5 Å². The lowest BCUT2D eigenvalue weighted by Gasteiger charge is -2.23. The summed E-state index contributed by atoms with van der Waals surface area (Å²) in [6.07, 6.45) is 0. The molecule has 0 fully saturated rings. The summed E-state index contributed by atoms with van der Waals surface area (Å²) in [5.74, 6) is 0.209. The van der Waals surface area contributed by atoms with Gasteiger partial charge in [0.1, 0.15) is 12.4 Å². The van der Waals surface area contributed by atoms with Crippen LogP contribution in [0.5, 0.6) is 0 Å². The second kappa shape index (κ2) is 6.19. The highest BCUT2D eigenvalue weighted by atomic mass is 35.5. The number of aliphatic hydroxyl groups excluding tert-OH is 1. The van der Waals surface area contributed by atoms with Crippen molar-refractivity contribution in [2.24, 2.45) is 0 Å². The Balaban J connectivity index is 2.28. The largest absolute Gasteiger partial charge is 0.446 e. The molecular weight excluding hydrogens is 314 g/mol. The van der Waals surface area contributed by atoms with Crippen LogP contribution in [0.25, 0.3) is 0 Å². The zero-order valence-electron chi connectivity index (χ0n) is 11.7. The minimum Gasteiger partial charge on any atom is -0.446 e. The lowest BCUT2D eigenvalue weighted by Crippen LogP contribution is -2.29. The smallest absolute Gasteiger partial charge is 0.276 e. The van der Waals surface area contributed by atoms with E-state index in [0.29, 0.717) is 5.02 Å². The van der Waals surface area contributed by atoms with Crippen LogP contribution < -0.4 is 0 Å². The molecule has 5 nitrogen and oxygen atoms in total. The number of aliphatic hydroxyl groups is 1. The molecular formula is C14H16ClNO4S. The highest BCUT2D eigenvalue weighted by Gasteiger charge is 2.29. The highest BCUT2D eigenvalue weighted by Crippen LogP contribution is 2.27. The Morgan fingerprint density at radius 1 is 1.24 bits per heavy atom. The van der Waals surface area contributed by atoms with Crippen LogP contribution in [-0.2, 0) is 16.6 Å². The lowest BCUT2D eigenvalue weighted by atomic mass is 10.1.